The minimum absolute atomic E-state index is 0.198. The van der Waals surface area contributed by atoms with Crippen molar-refractivity contribution in [1.82, 2.24) is 4.83 Å². The van der Waals surface area contributed by atoms with Crippen molar-refractivity contribution in [3.05, 3.63) is 0 Å². The molecule has 3 nitrogen and oxygen atoms in total. The van der Waals surface area contributed by atoms with Crippen LogP contribution < -0.4 is 10.6 Å². The third-order valence-corrected chi connectivity index (χ3v) is 3.30. The van der Waals surface area contributed by atoms with E-state index in [1.165, 1.54) is 9.12 Å². The summed E-state index contributed by atoms with van der Waals surface area (Å²) in [5.74, 6) is 0. The molecule has 5 heteroatoms. The molecule has 3 aliphatic carbocycles. The first-order valence-electron chi connectivity index (χ1n) is 3.54. The number of nitrogens with one attached hydrogen (secondary N) is 1. The lowest BCUT2D eigenvalue weighted by Crippen LogP contribution is -2.72. The zero-order chi connectivity index (χ0) is 7.95. The molecule has 0 radical (unpaired) electrons. The van der Waals surface area contributed by atoms with E-state index in [-0.39, 0.29) is 5.54 Å². The van der Waals surface area contributed by atoms with Crippen molar-refractivity contribution >= 4 is 36.5 Å². The Morgan fingerprint density at radius 2 is 2.18 bits per heavy atom. The van der Waals surface area contributed by atoms with Crippen LogP contribution in [0.3, 0.4) is 0 Å². The summed E-state index contributed by atoms with van der Waals surface area (Å²) in [7, 11) is 1.48. The van der Waals surface area contributed by atoms with E-state index in [4.69, 9.17) is 5.73 Å². The van der Waals surface area contributed by atoms with Gasteiger partial charge in [0.2, 0.25) is 0 Å². The SMILES string of the molecule is NC12CC(/C=N/NSI)(C1)C2. The molecule has 0 amide bonds. The van der Waals surface area contributed by atoms with Gasteiger partial charge in [-0.1, -0.05) is 0 Å². The summed E-state index contributed by atoms with van der Waals surface area (Å²) in [4.78, 5) is 2.84. The number of nitrogens with zero attached hydrogens (tertiary/aromatic N) is 1. The fourth-order valence-corrected chi connectivity index (χ4v) is 2.70. The Bertz CT molecular complexity index is 186. The zero-order valence-corrected chi connectivity index (χ0v) is 8.98. The smallest absolute Gasteiger partial charge is 0.0396 e. The number of halogens is 1. The highest BCUT2D eigenvalue weighted by atomic mass is 127. The second-order valence-electron chi connectivity index (χ2n) is 3.68. The maximum Gasteiger partial charge on any atom is 0.0396 e. The van der Waals surface area contributed by atoms with Gasteiger partial charge in [0.15, 0.2) is 0 Å². The Morgan fingerprint density at radius 1 is 1.55 bits per heavy atom. The van der Waals surface area contributed by atoms with Crippen molar-refractivity contribution in [2.24, 2.45) is 16.3 Å². The molecule has 62 valence electrons. The van der Waals surface area contributed by atoms with E-state index >= 15 is 0 Å². The Hall–Kier alpha value is 0.510. The highest BCUT2D eigenvalue weighted by Gasteiger charge is 2.65. The van der Waals surface area contributed by atoms with Gasteiger partial charge in [0.25, 0.3) is 0 Å². The fourth-order valence-electron chi connectivity index (χ4n) is 2.27. The molecule has 3 N–H and O–H groups in total. The van der Waals surface area contributed by atoms with Crippen molar-refractivity contribution in [2.45, 2.75) is 24.8 Å². The summed E-state index contributed by atoms with van der Waals surface area (Å²) in [5.41, 5.74) is 6.47. The minimum atomic E-state index is 0.198. The number of hydrazone groups is 1. The van der Waals surface area contributed by atoms with Gasteiger partial charge in [-0.3, -0.25) is 0 Å². The maximum atomic E-state index is 5.89. The largest absolute Gasteiger partial charge is 0.325 e. The number of nitrogens with two attached hydrogens (primary N) is 1. The number of hydrogen-bond acceptors (Lipinski definition) is 4. The van der Waals surface area contributed by atoms with Crippen molar-refractivity contribution < 1.29 is 0 Å². The highest BCUT2D eigenvalue weighted by molar-refractivity contribution is 14.2. The van der Waals surface area contributed by atoms with Crippen molar-refractivity contribution in [3.63, 3.8) is 0 Å². The lowest BCUT2D eigenvalue weighted by atomic mass is 9.40. The lowest BCUT2D eigenvalue weighted by Gasteiger charge is -2.67. The van der Waals surface area contributed by atoms with Gasteiger partial charge in [-0.05, 0) is 19.3 Å². The Kier molecular flexibility index (Phi) is 1.84. The third-order valence-electron chi connectivity index (χ3n) is 2.54. The second kappa shape index (κ2) is 2.50. The van der Waals surface area contributed by atoms with Crippen molar-refractivity contribution in [3.8, 4) is 0 Å². The van der Waals surface area contributed by atoms with Gasteiger partial charge < -0.3 is 5.73 Å². The van der Waals surface area contributed by atoms with Crippen LogP contribution in [0.15, 0.2) is 5.10 Å². The van der Waals surface area contributed by atoms with Gasteiger partial charge in [0.05, 0.1) is 0 Å². The molecule has 3 aliphatic rings. The molecule has 11 heavy (non-hydrogen) atoms. The first kappa shape index (κ1) is 8.12. The van der Waals surface area contributed by atoms with E-state index in [1.807, 2.05) is 6.21 Å². The van der Waals surface area contributed by atoms with E-state index in [0.717, 1.165) is 19.3 Å². The molecule has 2 bridgehead atoms. The molecule has 0 spiro atoms. The lowest BCUT2D eigenvalue weighted by molar-refractivity contribution is -0.0674. The van der Waals surface area contributed by atoms with Crippen molar-refractivity contribution in [2.75, 3.05) is 0 Å². The van der Waals surface area contributed by atoms with Crippen LogP contribution in [0.2, 0.25) is 0 Å². The van der Waals surface area contributed by atoms with Crippen LogP contribution in [-0.4, -0.2) is 11.8 Å². The fraction of sp³-hybridized carbons (Fsp3) is 0.833. The first-order chi connectivity index (χ1) is 5.18. The molecular formula is C6H10IN3S. The molecule has 0 aromatic heterocycles. The molecule has 0 saturated heterocycles. The number of rotatable bonds is 3. The number of hydrogen-bond donors (Lipinski definition) is 2. The van der Waals surface area contributed by atoms with E-state index in [2.05, 4.69) is 31.1 Å². The van der Waals surface area contributed by atoms with Crippen LogP contribution in [0, 0.1) is 5.41 Å². The van der Waals surface area contributed by atoms with Gasteiger partial charge in [0.1, 0.15) is 0 Å². The predicted molar refractivity (Wildman–Crippen MR) is 56.4 cm³/mol. The molecule has 0 unspecified atom stereocenters. The van der Waals surface area contributed by atoms with Crippen LogP contribution in [0.5, 0.6) is 0 Å². The third kappa shape index (κ3) is 1.27. The van der Waals surface area contributed by atoms with Crippen LogP contribution in [0.4, 0.5) is 0 Å². The first-order valence-corrected chi connectivity index (χ1v) is 6.90. The summed E-state index contributed by atoms with van der Waals surface area (Å²) >= 11 is 2.15. The summed E-state index contributed by atoms with van der Waals surface area (Å²) in [6.07, 6.45) is 5.43. The Labute approximate surface area is 82.3 Å². The van der Waals surface area contributed by atoms with Crippen LogP contribution in [-0.2, 0) is 0 Å². The minimum Gasteiger partial charge on any atom is -0.325 e. The molecule has 3 saturated carbocycles. The second-order valence-corrected chi connectivity index (χ2v) is 5.34. The van der Waals surface area contributed by atoms with Gasteiger partial charge in [-0.2, -0.15) is 5.10 Å². The van der Waals surface area contributed by atoms with Gasteiger partial charge in [-0.15, -0.1) is 0 Å². The van der Waals surface area contributed by atoms with Crippen molar-refractivity contribution in [1.29, 1.82) is 0 Å². The molecule has 0 aliphatic heterocycles. The molecule has 0 atom stereocenters. The standard InChI is InChI=1S/C6H10IN3S/c7-11-10-9-4-5-1-6(8,2-5)3-5/h4,10H,1-3,8H2/b9-4+. The average molecular weight is 283 g/mol. The molecule has 0 aromatic carbocycles. The molecular weight excluding hydrogens is 273 g/mol. The normalized spacial score (nSPS) is 46.7. The molecule has 3 fully saturated rings. The van der Waals surface area contributed by atoms with E-state index in [0.29, 0.717) is 5.41 Å². The van der Waals surface area contributed by atoms with E-state index < -0.39 is 0 Å². The monoisotopic (exact) mass is 283 g/mol. The zero-order valence-electron chi connectivity index (χ0n) is 6.01. The van der Waals surface area contributed by atoms with Crippen LogP contribution in [0.25, 0.3) is 0 Å². The summed E-state index contributed by atoms with van der Waals surface area (Å²) in [6, 6.07) is 0. The summed E-state index contributed by atoms with van der Waals surface area (Å²) < 4.78 is 0. The molecule has 0 aromatic rings. The quantitative estimate of drug-likeness (QED) is 0.357. The molecule has 3 rings (SSSR count). The maximum absolute atomic E-state index is 5.89. The van der Waals surface area contributed by atoms with E-state index in [9.17, 15) is 0 Å². The van der Waals surface area contributed by atoms with Crippen LogP contribution >= 0.6 is 30.3 Å². The Morgan fingerprint density at radius 3 is 2.64 bits per heavy atom. The molecule has 0 heterocycles. The van der Waals surface area contributed by atoms with Gasteiger partial charge in [-0.25, -0.2) is 4.83 Å². The van der Waals surface area contributed by atoms with Gasteiger partial charge >= 0.3 is 0 Å². The van der Waals surface area contributed by atoms with E-state index in [1.54, 1.807) is 0 Å². The topological polar surface area (TPSA) is 50.4 Å². The highest BCUT2D eigenvalue weighted by Crippen LogP contribution is 2.64. The average Bonchev–Trinajstić information content (AvgIpc) is 1.82. The predicted octanol–water partition coefficient (Wildman–Crippen LogP) is 1.44. The van der Waals surface area contributed by atoms with Crippen LogP contribution in [0.1, 0.15) is 19.3 Å². The summed E-state index contributed by atoms with van der Waals surface area (Å²) in [5, 5.41) is 4.08. The summed E-state index contributed by atoms with van der Waals surface area (Å²) in [6.45, 7) is 0. The Balaban J connectivity index is 1.81. The van der Waals surface area contributed by atoms with Gasteiger partial charge in [0, 0.05) is 47.5 Å².